The lowest BCUT2D eigenvalue weighted by atomic mass is 9.84. The van der Waals surface area contributed by atoms with E-state index in [9.17, 15) is 9.90 Å². The SMILES string of the molecule is CSC1(CNC(=O)c2cc(Br)ccc2O)CCC1. The summed E-state index contributed by atoms with van der Waals surface area (Å²) >= 11 is 5.12. The Morgan fingerprint density at radius 3 is 2.83 bits per heavy atom. The van der Waals surface area contributed by atoms with Crippen LogP contribution in [0.1, 0.15) is 29.6 Å². The van der Waals surface area contributed by atoms with Crippen molar-refractivity contribution in [3.8, 4) is 5.75 Å². The fraction of sp³-hybridized carbons (Fsp3) is 0.462. The second-order valence-corrected chi connectivity index (χ2v) is 6.77. The summed E-state index contributed by atoms with van der Waals surface area (Å²) in [4.78, 5) is 12.0. The Labute approximate surface area is 119 Å². The molecule has 98 valence electrons. The Bertz CT molecular complexity index is 455. The molecule has 2 rings (SSSR count). The van der Waals surface area contributed by atoms with Crippen molar-refractivity contribution in [1.82, 2.24) is 5.32 Å². The van der Waals surface area contributed by atoms with Crippen molar-refractivity contribution in [2.24, 2.45) is 0 Å². The van der Waals surface area contributed by atoms with Crippen molar-refractivity contribution in [3.05, 3.63) is 28.2 Å². The third-order valence-electron chi connectivity index (χ3n) is 3.47. The van der Waals surface area contributed by atoms with Crippen LogP contribution in [0.3, 0.4) is 0 Å². The van der Waals surface area contributed by atoms with Crippen LogP contribution in [0.5, 0.6) is 5.75 Å². The third-order valence-corrected chi connectivity index (χ3v) is 5.38. The van der Waals surface area contributed by atoms with E-state index in [1.165, 1.54) is 12.5 Å². The van der Waals surface area contributed by atoms with Crippen LogP contribution in [0, 0.1) is 0 Å². The first kappa shape index (κ1) is 13.7. The molecular weight excluding hydrogens is 314 g/mol. The molecule has 1 fully saturated rings. The minimum Gasteiger partial charge on any atom is -0.507 e. The number of rotatable bonds is 4. The number of hydrogen-bond donors (Lipinski definition) is 2. The summed E-state index contributed by atoms with van der Waals surface area (Å²) in [6, 6.07) is 4.87. The number of hydrogen-bond acceptors (Lipinski definition) is 3. The van der Waals surface area contributed by atoms with Gasteiger partial charge in [0.1, 0.15) is 5.75 Å². The average Bonchev–Trinajstić information content (AvgIpc) is 2.31. The van der Waals surface area contributed by atoms with Crippen LogP contribution in [0.25, 0.3) is 0 Å². The van der Waals surface area contributed by atoms with E-state index >= 15 is 0 Å². The highest BCUT2D eigenvalue weighted by molar-refractivity contribution is 9.10. The van der Waals surface area contributed by atoms with Crippen LogP contribution >= 0.6 is 27.7 Å². The highest BCUT2D eigenvalue weighted by Gasteiger charge is 2.36. The van der Waals surface area contributed by atoms with E-state index in [4.69, 9.17) is 0 Å². The summed E-state index contributed by atoms with van der Waals surface area (Å²) in [6.07, 6.45) is 5.62. The zero-order chi connectivity index (χ0) is 13.2. The molecule has 1 amide bonds. The van der Waals surface area contributed by atoms with Gasteiger partial charge in [0.25, 0.3) is 5.91 Å². The van der Waals surface area contributed by atoms with Crippen molar-refractivity contribution in [2.75, 3.05) is 12.8 Å². The molecule has 0 atom stereocenters. The first-order valence-electron chi connectivity index (χ1n) is 5.88. The van der Waals surface area contributed by atoms with Crippen LogP contribution in [0.4, 0.5) is 0 Å². The number of nitrogens with one attached hydrogen (secondary N) is 1. The first-order valence-corrected chi connectivity index (χ1v) is 7.90. The number of thioether (sulfide) groups is 1. The van der Waals surface area contributed by atoms with E-state index in [0.29, 0.717) is 12.1 Å². The summed E-state index contributed by atoms with van der Waals surface area (Å²) in [7, 11) is 0. The molecule has 0 aliphatic heterocycles. The first-order chi connectivity index (χ1) is 8.56. The van der Waals surface area contributed by atoms with E-state index in [2.05, 4.69) is 27.5 Å². The van der Waals surface area contributed by atoms with Gasteiger partial charge in [0.05, 0.1) is 5.56 Å². The lowest BCUT2D eigenvalue weighted by Crippen LogP contribution is -2.45. The molecule has 0 saturated heterocycles. The van der Waals surface area contributed by atoms with Gasteiger partial charge in [-0.2, -0.15) is 11.8 Å². The van der Waals surface area contributed by atoms with Gasteiger partial charge in [-0.3, -0.25) is 4.79 Å². The number of phenols is 1. The Kier molecular flexibility index (Phi) is 4.22. The molecule has 0 aromatic heterocycles. The van der Waals surface area contributed by atoms with Crippen LogP contribution in [-0.4, -0.2) is 28.6 Å². The second kappa shape index (κ2) is 5.53. The van der Waals surface area contributed by atoms with E-state index in [-0.39, 0.29) is 16.4 Å². The maximum Gasteiger partial charge on any atom is 0.255 e. The molecule has 1 aromatic carbocycles. The predicted octanol–water partition coefficient (Wildman–Crippen LogP) is 3.17. The number of carbonyl (C=O) groups excluding carboxylic acids is 1. The summed E-state index contributed by atoms with van der Waals surface area (Å²) in [5.41, 5.74) is 0.319. The Morgan fingerprint density at radius 2 is 2.28 bits per heavy atom. The zero-order valence-electron chi connectivity index (χ0n) is 10.2. The number of phenolic OH excluding ortho intramolecular Hbond substituents is 1. The molecule has 5 heteroatoms. The molecule has 18 heavy (non-hydrogen) atoms. The van der Waals surface area contributed by atoms with Crippen molar-refractivity contribution < 1.29 is 9.90 Å². The minimum atomic E-state index is -0.214. The lowest BCUT2D eigenvalue weighted by Gasteiger charge is -2.40. The number of halogens is 1. The highest BCUT2D eigenvalue weighted by atomic mass is 79.9. The van der Waals surface area contributed by atoms with Crippen LogP contribution in [-0.2, 0) is 0 Å². The highest BCUT2D eigenvalue weighted by Crippen LogP contribution is 2.42. The van der Waals surface area contributed by atoms with Gasteiger partial charge in [0, 0.05) is 15.8 Å². The van der Waals surface area contributed by atoms with E-state index in [1.54, 1.807) is 12.1 Å². The number of amides is 1. The van der Waals surface area contributed by atoms with Gasteiger partial charge in [-0.05, 0) is 37.3 Å². The second-order valence-electron chi connectivity index (χ2n) is 4.58. The molecule has 0 bridgehead atoms. The van der Waals surface area contributed by atoms with Crippen molar-refractivity contribution >= 4 is 33.6 Å². The van der Waals surface area contributed by atoms with Crippen LogP contribution in [0.2, 0.25) is 0 Å². The number of benzene rings is 1. The average molecular weight is 330 g/mol. The van der Waals surface area contributed by atoms with Crippen LogP contribution < -0.4 is 5.32 Å². The van der Waals surface area contributed by atoms with Crippen LogP contribution in [0.15, 0.2) is 22.7 Å². The summed E-state index contributed by atoms with van der Waals surface area (Å²) in [5.74, 6) is -0.198. The number of aromatic hydroxyl groups is 1. The minimum absolute atomic E-state index is 0.0162. The molecule has 0 unspecified atom stereocenters. The summed E-state index contributed by atoms with van der Waals surface area (Å²) < 4.78 is 0.991. The van der Waals surface area contributed by atoms with Gasteiger partial charge < -0.3 is 10.4 Å². The molecule has 2 N–H and O–H groups in total. The number of carbonyl (C=O) groups is 1. The maximum atomic E-state index is 12.0. The third kappa shape index (κ3) is 2.83. The van der Waals surface area contributed by atoms with E-state index in [0.717, 1.165) is 17.3 Å². The Hall–Kier alpha value is -0.680. The molecule has 0 spiro atoms. The molecule has 1 saturated carbocycles. The molecule has 0 radical (unpaired) electrons. The summed E-state index contributed by atoms with van der Waals surface area (Å²) in [6.45, 7) is 0.666. The lowest BCUT2D eigenvalue weighted by molar-refractivity contribution is 0.0941. The van der Waals surface area contributed by atoms with Crippen molar-refractivity contribution in [1.29, 1.82) is 0 Å². The van der Waals surface area contributed by atoms with Gasteiger partial charge >= 0.3 is 0 Å². The fourth-order valence-corrected chi connectivity index (χ4v) is 3.33. The van der Waals surface area contributed by atoms with Gasteiger partial charge in [0.2, 0.25) is 0 Å². The monoisotopic (exact) mass is 329 g/mol. The molecule has 3 nitrogen and oxygen atoms in total. The Balaban J connectivity index is 2.01. The molecule has 1 aliphatic carbocycles. The molecular formula is C13H16BrNO2S. The van der Waals surface area contributed by atoms with Gasteiger partial charge in [-0.25, -0.2) is 0 Å². The van der Waals surface area contributed by atoms with Crippen molar-refractivity contribution in [2.45, 2.75) is 24.0 Å². The summed E-state index contributed by atoms with van der Waals surface area (Å²) in [5, 5.41) is 12.6. The zero-order valence-corrected chi connectivity index (χ0v) is 12.6. The normalized spacial score (nSPS) is 17.0. The standard InChI is InChI=1S/C13H16BrNO2S/c1-18-13(5-2-6-13)8-15-12(17)10-7-9(14)3-4-11(10)16/h3-4,7,16H,2,5-6,8H2,1H3,(H,15,17). The molecule has 0 heterocycles. The molecule has 1 aliphatic rings. The molecule has 1 aromatic rings. The van der Waals surface area contributed by atoms with Gasteiger partial charge in [-0.1, -0.05) is 22.4 Å². The largest absolute Gasteiger partial charge is 0.507 e. The van der Waals surface area contributed by atoms with E-state index in [1.807, 2.05) is 11.8 Å². The smallest absolute Gasteiger partial charge is 0.255 e. The fourth-order valence-electron chi connectivity index (χ4n) is 2.05. The van der Waals surface area contributed by atoms with Gasteiger partial charge in [-0.15, -0.1) is 0 Å². The Morgan fingerprint density at radius 1 is 1.56 bits per heavy atom. The van der Waals surface area contributed by atoms with E-state index < -0.39 is 0 Å². The predicted molar refractivity (Wildman–Crippen MR) is 78.2 cm³/mol. The van der Waals surface area contributed by atoms with Gasteiger partial charge in [0.15, 0.2) is 0 Å². The quantitative estimate of drug-likeness (QED) is 0.891. The maximum absolute atomic E-state index is 12.0. The van der Waals surface area contributed by atoms with Crippen molar-refractivity contribution in [3.63, 3.8) is 0 Å². The topological polar surface area (TPSA) is 49.3 Å².